The Bertz CT molecular complexity index is 768. The maximum absolute atomic E-state index is 12.7. The Morgan fingerprint density at radius 3 is 2.84 bits per heavy atom. The van der Waals surface area contributed by atoms with E-state index >= 15 is 0 Å². The highest BCUT2D eigenvalue weighted by molar-refractivity contribution is 5.92. The number of amides is 1. The zero-order valence-corrected chi connectivity index (χ0v) is 14.8. The van der Waals surface area contributed by atoms with Gasteiger partial charge in [0.1, 0.15) is 5.78 Å². The Labute approximate surface area is 147 Å². The normalized spacial score (nSPS) is 17.5. The summed E-state index contributed by atoms with van der Waals surface area (Å²) in [6, 6.07) is 8.09. The molecule has 6 nitrogen and oxygen atoms in total. The van der Waals surface area contributed by atoms with Crippen LogP contribution in [0, 0.1) is 12.8 Å². The third kappa shape index (κ3) is 3.95. The summed E-state index contributed by atoms with van der Waals surface area (Å²) in [5.74, 6) is 0.0649. The van der Waals surface area contributed by atoms with Gasteiger partial charge in [0.15, 0.2) is 5.69 Å². The van der Waals surface area contributed by atoms with Gasteiger partial charge in [-0.2, -0.15) is 0 Å². The number of hydrogen-bond acceptors (Lipinski definition) is 4. The summed E-state index contributed by atoms with van der Waals surface area (Å²) in [5.41, 5.74) is 2.68. The number of nitrogens with zero attached hydrogens (tertiary/aromatic N) is 4. The summed E-state index contributed by atoms with van der Waals surface area (Å²) >= 11 is 0. The average molecular weight is 340 g/mol. The number of aromatic nitrogens is 3. The molecule has 0 aliphatic carbocycles. The zero-order valence-electron chi connectivity index (χ0n) is 14.8. The van der Waals surface area contributed by atoms with Crippen molar-refractivity contribution in [2.75, 3.05) is 13.1 Å². The molecule has 1 aromatic carbocycles. The standard InChI is InChI=1S/C19H24N4O2/c1-3-18(24)16-9-6-10-22(11-16)19(25)17-13-23(21-20-17)12-15-8-5-4-7-14(15)2/h4-5,7-8,13,16H,3,6,9-12H2,1-2H3/t16-/m0/s1. The van der Waals surface area contributed by atoms with Crippen LogP contribution in [0.2, 0.25) is 0 Å². The van der Waals surface area contributed by atoms with Crippen molar-refractivity contribution in [3.05, 3.63) is 47.3 Å². The lowest BCUT2D eigenvalue weighted by molar-refractivity contribution is -0.123. The van der Waals surface area contributed by atoms with Crippen LogP contribution in [0.15, 0.2) is 30.5 Å². The molecule has 0 unspecified atom stereocenters. The monoisotopic (exact) mass is 340 g/mol. The summed E-state index contributed by atoms with van der Waals surface area (Å²) < 4.78 is 1.69. The van der Waals surface area contributed by atoms with Gasteiger partial charge >= 0.3 is 0 Å². The minimum Gasteiger partial charge on any atom is -0.336 e. The first-order valence-electron chi connectivity index (χ1n) is 8.85. The average Bonchev–Trinajstić information content (AvgIpc) is 3.11. The van der Waals surface area contributed by atoms with E-state index in [1.54, 1.807) is 15.8 Å². The number of hydrogen-bond donors (Lipinski definition) is 0. The number of likely N-dealkylation sites (tertiary alicyclic amines) is 1. The van der Waals surface area contributed by atoms with Crippen molar-refractivity contribution in [3.63, 3.8) is 0 Å². The number of carbonyl (C=O) groups excluding carboxylic acids is 2. The Morgan fingerprint density at radius 1 is 1.28 bits per heavy atom. The molecule has 25 heavy (non-hydrogen) atoms. The second kappa shape index (κ2) is 7.59. The van der Waals surface area contributed by atoms with Crippen LogP contribution in [-0.2, 0) is 11.3 Å². The second-order valence-corrected chi connectivity index (χ2v) is 6.64. The van der Waals surface area contributed by atoms with Crippen molar-refractivity contribution >= 4 is 11.7 Å². The molecular formula is C19H24N4O2. The van der Waals surface area contributed by atoms with Gasteiger partial charge in [-0.15, -0.1) is 5.10 Å². The lowest BCUT2D eigenvalue weighted by Gasteiger charge is -2.31. The molecule has 132 valence electrons. The molecule has 1 aliphatic rings. The van der Waals surface area contributed by atoms with E-state index in [0.29, 0.717) is 31.7 Å². The van der Waals surface area contributed by atoms with Crippen LogP contribution in [0.5, 0.6) is 0 Å². The molecule has 0 N–H and O–H groups in total. The van der Waals surface area contributed by atoms with Crippen LogP contribution in [-0.4, -0.2) is 44.7 Å². The van der Waals surface area contributed by atoms with Gasteiger partial charge in [0.2, 0.25) is 0 Å². The second-order valence-electron chi connectivity index (χ2n) is 6.64. The van der Waals surface area contributed by atoms with E-state index in [4.69, 9.17) is 0 Å². The van der Waals surface area contributed by atoms with Crippen molar-refractivity contribution in [2.45, 2.75) is 39.7 Å². The van der Waals surface area contributed by atoms with E-state index in [9.17, 15) is 9.59 Å². The smallest absolute Gasteiger partial charge is 0.276 e. The molecule has 0 saturated carbocycles. The first-order valence-corrected chi connectivity index (χ1v) is 8.85. The highest BCUT2D eigenvalue weighted by Crippen LogP contribution is 2.20. The molecule has 2 heterocycles. The van der Waals surface area contributed by atoms with Crippen LogP contribution < -0.4 is 0 Å². The van der Waals surface area contributed by atoms with E-state index in [2.05, 4.69) is 23.3 Å². The fourth-order valence-electron chi connectivity index (χ4n) is 3.31. The van der Waals surface area contributed by atoms with Crippen molar-refractivity contribution in [1.29, 1.82) is 0 Å². The van der Waals surface area contributed by atoms with Crippen molar-refractivity contribution in [2.24, 2.45) is 5.92 Å². The number of ketones is 1. The van der Waals surface area contributed by atoms with Crippen LogP contribution in [0.4, 0.5) is 0 Å². The Morgan fingerprint density at radius 2 is 2.08 bits per heavy atom. The number of rotatable bonds is 5. The number of aryl methyl sites for hydroxylation is 1. The first-order chi connectivity index (χ1) is 12.1. The van der Waals surface area contributed by atoms with E-state index in [1.807, 2.05) is 25.1 Å². The quantitative estimate of drug-likeness (QED) is 0.838. The molecular weight excluding hydrogens is 316 g/mol. The molecule has 3 rings (SSSR count). The molecule has 0 bridgehead atoms. The van der Waals surface area contributed by atoms with Gasteiger partial charge < -0.3 is 4.90 Å². The predicted octanol–water partition coefficient (Wildman–Crippen LogP) is 2.47. The van der Waals surface area contributed by atoms with Crippen LogP contribution >= 0.6 is 0 Å². The Balaban J connectivity index is 1.68. The molecule has 1 fully saturated rings. The minimum atomic E-state index is -0.135. The van der Waals surface area contributed by atoms with E-state index in [1.165, 1.54) is 5.56 Å². The van der Waals surface area contributed by atoms with Crippen molar-refractivity contribution < 1.29 is 9.59 Å². The highest BCUT2D eigenvalue weighted by Gasteiger charge is 2.29. The molecule has 6 heteroatoms. The Hall–Kier alpha value is -2.50. The SMILES string of the molecule is CCC(=O)[C@H]1CCCN(C(=O)c2cn(Cc3ccccc3C)nn2)C1. The highest BCUT2D eigenvalue weighted by atomic mass is 16.2. The predicted molar refractivity (Wildman–Crippen MR) is 94.2 cm³/mol. The van der Waals surface area contributed by atoms with E-state index in [0.717, 1.165) is 18.4 Å². The lowest BCUT2D eigenvalue weighted by Crippen LogP contribution is -2.42. The maximum atomic E-state index is 12.7. The van der Waals surface area contributed by atoms with Crippen LogP contribution in [0.25, 0.3) is 0 Å². The van der Waals surface area contributed by atoms with Crippen molar-refractivity contribution in [1.82, 2.24) is 19.9 Å². The molecule has 1 aliphatic heterocycles. The summed E-state index contributed by atoms with van der Waals surface area (Å²) in [6.45, 7) is 5.69. The first kappa shape index (κ1) is 17.3. The molecule has 1 amide bonds. The van der Waals surface area contributed by atoms with Gasteiger partial charge in [-0.25, -0.2) is 4.68 Å². The number of carbonyl (C=O) groups is 2. The third-order valence-electron chi connectivity index (χ3n) is 4.86. The van der Waals surface area contributed by atoms with Gasteiger partial charge in [-0.05, 0) is 30.9 Å². The van der Waals surface area contributed by atoms with Gasteiger partial charge in [0.25, 0.3) is 5.91 Å². The molecule has 1 aromatic heterocycles. The van der Waals surface area contributed by atoms with Crippen molar-refractivity contribution in [3.8, 4) is 0 Å². The fraction of sp³-hybridized carbons (Fsp3) is 0.474. The van der Waals surface area contributed by atoms with Gasteiger partial charge in [-0.3, -0.25) is 9.59 Å². The molecule has 2 aromatic rings. The Kier molecular flexibility index (Phi) is 5.26. The topological polar surface area (TPSA) is 68.1 Å². The van der Waals surface area contributed by atoms with E-state index < -0.39 is 0 Å². The number of benzene rings is 1. The summed E-state index contributed by atoms with van der Waals surface area (Å²) in [4.78, 5) is 26.4. The summed E-state index contributed by atoms with van der Waals surface area (Å²) in [7, 11) is 0. The van der Waals surface area contributed by atoms with Crippen LogP contribution in [0.1, 0.15) is 47.8 Å². The molecule has 1 saturated heterocycles. The minimum absolute atomic E-state index is 0.0373. The van der Waals surface area contributed by atoms with Crippen LogP contribution in [0.3, 0.4) is 0 Å². The zero-order chi connectivity index (χ0) is 17.8. The lowest BCUT2D eigenvalue weighted by atomic mass is 9.92. The number of Topliss-reactive ketones (excluding diaryl/α,β-unsaturated/α-hetero) is 1. The number of piperidine rings is 1. The maximum Gasteiger partial charge on any atom is 0.276 e. The fourth-order valence-corrected chi connectivity index (χ4v) is 3.31. The third-order valence-corrected chi connectivity index (χ3v) is 4.86. The molecule has 0 radical (unpaired) electrons. The molecule has 0 spiro atoms. The van der Waals surface area contributed by atoms with Gasteiger partial charge in [-0.1, -0.05) is 36.4 Å². The van der Waals surface area contributed by atoms with E-state index in [-0.39, 0.29) is 17.6 Å². The van der Waals surface area contributed by atoms with Gasteiger partial charge in [0.05, 0.1) is 12.7 Å². The molecule has 1 atom stereocenters. The summed E-state index contributed by atoms with van der Waals surface area (Å²) in [6.07, 6.45) is 3.95. The largest absolute Gasteiger partial charge is 0.336 e. The van der Waals surface area contributed by atoms with Gasteiger partial charge in [0, 0.05) is 25.4 Å². The summed E-state index contributed by atoms with van der Waals surface area (Å²) in [5, 5.41) is 8.14.